The number of rotatable bonds is 5. The van der Waals surface area contributed by atoms with E-state index in [1.54, 1.807) is 28.8 Å². The van der Waals surface area contributed by atoms with Gasteiger partial charge in [0.25, 0.3) is 5.91 Å². The summed E-state index contributed by atoms with van der Waals surface area (Å²) >= 11 is 0. The second kappa shape index (κ2) is 7.75. The van der Waals surface area contributed by atoms with Crippen molar-refractivity contribution in [2.24, 2.45) is 0 Å². The lowest BCUT2D eigenvalue weighted by atomic mass is 9.89. The molecule has 0 fully saturated rings. The highest BCUT2D eigenvalue weighted by Crippen LogP contribution is 2.32. The zero-order valence-electron chi connectivity index (χ0n) is 16.7. The van der Waals surface area contributed by atoms with E-state index in [0.29, 0.717) is 29.9 Å². The maximum absolute atomic E-state index is 12.8. The minimum Gasteiger partial charge on any atom is -0.507 e. The molecule has 1 amide bonds. The second-order valence-electron chi connectivity index (χ2n) is 7.77. The maximum atomic E-state index is 12.8. The van der Waals surface area contributed by atoms with Crippen molar-refractivity contribution in [2.45, 2.75) is 32.2 Å². The van der Waals surface area contributed by atoms with Crippen LogP contribution < -0.4 is 11.1 Å². The first-order valence-electron chi connectivity index (χ1n) is 9.87. The van der Waals surface area contributed by atoms with Crippen molar-refractivity contribution < 1.29 is 14.3 Å². The van der Waals surface area contributed by atoms with Crippen molar-refractivity contribution in [2.75, 3.05) is 26.0 Å². The lowest BCUT2D eigenvalue weighted by molar-refractivity contribution is 0.102. The van der Waals surface area contributed by atoms with Crippen molar-refractivity contribution in [3.05, 3.63) is 57.6 Å². The predicted octanol–water partition coefficient (Wildman–Crippen LogP) is 2.99. The first-order chi connectivity index (χ1) is 13.9. The third kappa shape index (κ3) is 3.78. The summed E-state index contributed by atoms with van der Waals surface area (Å²) < 4.78 is 6.85. The van der Waals surface area contributed by atoms with Gasteiger partial charge in [-0.2, -0.15) is 0 Å². The largest absolute Gasteiger partial charge is 0.507 e. The zero-order chi connectivity index (χ0) is 20.5. The number of likely N-dealkylation sites (N-methyl/N-ethyl adjacent to an activating group) is 1. The highest BCUT2D eigenvalue weighted by Gasteiger charge is 2.20. The van der Waals surface area contributed by atoms with Gasteiger partial charge in [0.15, 0.2) is 5.58 Å². The van der Waals surface area contributed by atoms with E-state index in [1.807, 2.05) is 25.1 Å². The van der Waals surface area contributed by atoms with Crippen molar-refractivity contribution in [1.29, 1.82) is 0 Å². The molecule has 1 aliphatic rings. The molecule has 0 radical (unpaired) electrons. The number of oxazole rings is 1. The molecule has 29 heavy (non-hydrogen) atoms. The van der Waals surface area contributed by atoms with Gasteiger partial charge in [0, 0.05) is 18.8 Å². The molecule has 1 aliphatic carbocycles. The smallest absolute Gasteiger partial charge is 0.419 e. The van der Waals surface area contributed by atoms with E-state index < -0.39 is 5.76 Å². The third-order valence-corrected chi connectivity index (χ3v) is 5.44. The van der Waals surface area contributed by atoms with Gasteiger partial charge >= 0.3 is 5.76 Å². The number of aromatic hydroxyl groups is 1. The molecule has 4 rings (SSSR count). The van der Waals surface area contributed by atoms with E-state index in [9.17, 15) is 14.7 Å². The number of fused-ring (bicyclic) bond motifs is 2. The van der Waals surface area contributed by atoms with Gasteiger partial charge in [-0.1, -0.05) is 6.07 Å². The molecule has 0 atom stereocenters. The summed E-state index contributed by atoms with van der Waals surface area (Å²) in [6.45, 7) is 1.18. The summed E-state index contributed by atoms with van der Waals surface area (Å²) in [6.07, 6.45) is 3.86. The lowest BCUT2D eigenvalue weighted by Crippen LogP contribution is -2.23. The second-order valence-corrected chi connectivity index (χ2v) is 7.77. The molecule has 0 saturated carbocycles. The first-order valence-corrected chi connectivity index (χ1v) is 9.87. The number of hydrogen-bond acceptors (Lipinski definition) is 5. The number of nitrogens with one attached hydrogen (secondary N) is 1. The zero-order valence-corrected chi connectivity index (χ0v) is 16.7. The standard InChI is InChI=1S/C22H25N3O4/c1-24(2)11-12-25-18-13-15(8-10-19(18)29-22(25)28)23-21(27)17-9-7-14-5-3-4-6-16(14)20(17)26/h7-10,13,26H,3-6,11-12H2,1-2H3,(H,23,27). The third-order valence-electron chi connectivity index (χ3n) is 5.44. The number of phenols is 1. The van der Waals surface area contributed by atoms with Gasteiger partial charge in [0.1, 0.15) is 5.75 Å². The molecule has 0 unspecified atom stereocenters. The van der Waals surface area contributed by atoms with Crippen molar-refractivity contribution >= 4 is 22.7 Å². The molecular weight excluding hydrogens is 370 g/mol. The normalized spacial score (nSPS) is 13.6. The molecule has 0 saturated heterocycles. The number of amides is 1. The number of aryl methyl sites for hydroxylation is 1. The van der Waals surface area contributed by atoms with E-state index in [4.69, 9.17) is 4.42 Å². The SMILES string of the molecule is CN(C)CCn1c(=O)oc2ccc(NC(=O)c3ccc4c(c3O)CCCC4)cc21. The van der Waals surface area contributed by atoms with Crippen LogP contribution in [0.3, 0.4) is 0 Å². The van der Waals surface area contributed by atoms with Crippen molar-refractivity contribution in [3.63, 3.8) is 0 Å². The number of hydrogen-bond donors (Lipinski definition) is 2. The molecule has 0 aliphatic heterocycles. The van der Waals surface area contributed by atoms with E-state index in [0.717, 1.165) is 36.8 Å². The number of nitrogens with zero attached hydrogens (tertiary/aromatic N) is 2. The lowest BCUT2D eigenvalue weighted by Gasteiger charge is -2.18. The van der Waals surface area contributed by atoms with Crippen LogP contribution in [0.1, 0.15) is 34.3 Å². The average Bonchev–Trinajstić information content (AvgIpc) is 3.01. The fourth-order valence-corrected chi connectivity index (χ4v) is 3.84. The highest BCUT2D eigenvalue weighted by atomic mass is 16.4. The van der Waals surface area contributed by atoms with Crippen LogP contribution in [0.15, 0.2) is 39.5 Å². The minimum atomic E-state index is -0.419. The monoisotopic (exact) mass is 395 g/mol. The van der Waals surface area contributed by atoms with E-state index in [2.05, 4.69) is 5.32 Å². The number of aromatic nitrogens is 1. The van der Waals surface area contributed by atoms with Crippen LogP contribution in [0.25, 0.3) is 11.1 Å². The number of benzene rings is 2. The Morgan fingerprint density at radius 2 is 2.00 bits per heavy atom. The van der Waals surface area contributed by atoms with Crippen LogP contribution >= 0.6 is 0 Å². The maximum Gasteiger partial charge on any atom is 0.419 e. The fourth-order valence-electron chi connectivity index (χ4n) is 3.84. The number of phenolic OH excluding ortho intramolecular Hbond substituents is 1. The number of anilines is 1. The van der Waals surface area contributed by atoms with Crippen LogP contribution in [-0.2, 0) is 19.4 Å². The summed E-state index contributed by atoms with van der Waals surface area (Å²) in [6, 6.07) is 8.70. The molecule has 7 heteroatoms. The topological polar surface area (TPSA) is 87.7 Å². The number of carbonyl (C=O) groups excluding carboxylic acids is 1. The van der Waals surface area contributed by atoms with E-state index >= 15 is 0 Å². The fraction of sp³-hybridized carbons (Fsp3) is 0.364. The number of carbonyl (C=O) groups is 1. The van der Waals surface area contributed by atoms with Gasteiger partial charge in [-0.3, -0.25) is 9.36 Å². The minimum absolute atomic E-state index is 0.0759. The van der Waals surface area contributed by atoms with Crippen LogP contribution in [-0.4, -0.2) is 41.1 Å². The van der Waals surface area contributed by atoms with E-state index in [-0.39, 0.29) is 17.2 Å². The molecule has 152 valence electrons. The first kappa shape index (κ1) is 19.3. The molecule has 0 spiro atoms. The van der Waals surface area contributed by atoms with E-state index in [1.165, 1.54) is 0 Å². The molecule has 2 aromatic carbocycles. The highest BCUT2D eigenvalue weighted by molar-refractivity contribution is 6.07. The summed E-state index contributed by atoms with van der Waals surface area (Å²) in [4.78, 5) is 26.9. The van der Waals surface area contributed by atoms with Gasteiger partial charge in [-0.15, -0.1) is 0 Å². The summed E-state index contributed by atoms with van der Waals surface area (Å²) in [5.74, 6) is -0.717. The Hall–Kier alpha value is -3.06. The summed E-state index contributed by atoms with van der Waals surface area (Å²) in [5.41, 5.74) is 3.91. The Morgan fingerprint density at radius 3 is 2.79 bits per heavy atom. The Bertz CT molecular complexity index is 1130. The molecule has 0 bridgehead atoms. The quantitative estimate of drug-likeness (QED) is 0.693. The molecule has 3 aromatic rings. The van der Waals surface area contributed by atoms with Crippen LogP contribution in [0, 0.1) is 0 Å². The van der Waals surface area contributed by atoms with Gasteiger partial charge < -0.3 is 19.7 Å². The average molecular weight is 395 g/mol. The molecular formula is C22H25N3O4. The summed E-state index contributed by atoms with van der Waals surface area (Å²) in [5, 5.41) is 13.4. The Balaban J connectivity index is 1.61. The molecule has 7 nitrogen and oxygen atoms in total. The Labute approximate surface area is 168 Å². The van der Waals surface area contributed by atoms with Crippen LogP contribution in [0.2, 0.25) is 0 Å². The molecule has 1 aromatic heterocycles. The van der Waals surface area contributed by atoms with Crippen LogP contribution in [0.5, 0.6) is 5.75 Å². The van der Waals surface area contributed by atoms with Gasteiger partial charge in [-0.05, 0) is 75.2 Å². The van der Waals surface area contributed by atoms with Gasteiger partial charge in [0.05, 0.1) is 11.1 Å². The molecule has 2 N–H and O–H groups in total. The summed E-state index contributed by atoms with van der Waals surface area (Å²) in [7, 11) is 3.87. The van der Waals surface area contributed by atoms with Gasteiger partial charge in [-0.25, -0.2) is 4.79 Å². The Morgan fingerprint density at radius 1 is 1.21 bits per heavy atom. The van der Waals surface area contributed by atoms with Crippen LogP contribution in [0.4, 0.5) is 5.69 Å². The Kier molecular flexibility index (Phi) is 5.15. The van der Waals surface area contributed by atoms with Gasteiger partial charge in [0.2, 0.25) is 0 Å². The molecule has 1 heterocycles. The predicted molar refractivity (Wildman–Crippen MR) is 112 cm³/mol. The van der Waals surface area contributed by atoms with Crippen molar-refractivity contribution in [1.82, 2.24) is 9.47 Å². The van der Waals surface area contributed by atoms with Crippen molar-refractivity contribution in [3.8, 4) is 5.75 Å².